The fourth-order valence-corrected chi connectivity index (χ4v) is 4.02. The lowest BCUT2D eigenvalue weighted by molar-refractivity contribution is -0.121. The summed E-state index contributed by atoms with van der Waals surface area (Å²) in [6.45, 7) is 0.685. The lowest BCUT2D eigenvalue weighted by Crippen LogP contribution is -2.32. The van der Waals surface area contributed by atoms with Gasteiger partial charge in [0.1, 0.15) is 0 Å². The normalized spacial score (nSPS) is 11.1. The van der Waals surface area contributed by atoms with Crippen molar-refractivity contribution in [1.29, 1.82) is 0 Å². The molecule has 0 atom stereocenters. The van der Waals surface area contributed by atoms with Gasteiger partial charge >= 0.3 is 0 Å². The van der Waals surface area contributed by atoms with Crippen LogP contribution in [-0.2, 0) is 21.2 Å². The van der Waals surface area contributed by atoms with Gasteiger partial charge in [0.2, 0.25) is 15.9 Å². The van der Waals surface area contributed by atoms with Crippen molar-refractivity contribution in [2.75, 3.05) is 37.9 Å². The molecule has 2 aromatic carbocycles. The highest BCUT2D eigenvalue weighted by atomic mass is 35.5. The Morgan fingerprint density at radius 3 is 2.33 bits per heavy atom. The van der Waals surface area contributed by atoms with Crippen LogP contribution in [0.15, 0.2) is 42.5 Å². The Balaban J connectivity index is 1.89. The Morgan fingerprint density at radius 2 is 1.73 bits per heavy atom. The number of nitrogens with zero attached hydrogens (tertiary/aromatic N) is 1. The molecule has 30 heavy (non-hydrogen) atoms. The summed E-state index contributed by atoms with van der Waals surface area (Å²) < 4.78 is 36.2. The zero-order valence-electron chi connectivity index (χ0n) is 17.4. The minimum atomic E-state index is -3.52. The number of carbonyl (C=O) groups is 1. The highest BCUT2D eigenvalue weighted by Gasteiger charge is 2.19. The average Bonchev–Trinajstić information content (AvgIpc) is 2.71. The van der Waals surface area contributed by atoms with E-state index >= 15 is 0 Å². The maximum Gasteiger partial charge on any atom is 0.232 e. The van der Waals surface area contributed by atoms with Gasteiger partial charge in [-0.2, -0.15) is 0 Å². The molecule has 0 fully saturated rings. The molecule has 1 N–H and O–H groups in total. The summed E-state index contributed by atoms with van der Waals surface area (Å²) in [5.74, 6) is 0.822. The first-order valence-corrected chi connectivity index (χ1v) is 11.7. The molecule has 164 valence electrons. The Kier molecular flexibility index (Phi) is 8.80. The number of sulfonamides is 1. The van der Waals surface area contributed by atoms with Gasteiger partial charge < -0.3 is 14.8 Å². The third-order valence-electron chi connectivity index (χ3n) is 4.47. The second kappa shape index (κ2) is 11.1. The van der Waals surface area contributed by atoms with E-state index in [-0.39, 0.29) is 18.9 Å². The predicted octanol–water partition coefficient (Wildman–Crippen LogP) is 3.26. The molecule has 9 heteroatoms. The van der Waals surface area contributed by atoms with E-state index in [1.807, 2.05) is 24.3 Å². The van der Waals surface area contributed by atoms with Gasteiger partial charge in [-0.1, -0.05) is 23.7 Å². The predicted molar refractivity (Wildman–Crippen MR) is 119 cm³/mol. The second-order valence-electron chi connectivity index (χ2n) is 6.70. The number of carbonyl (C=O) groups excluding carboxylic acids is 1. The molecule has 0 unspecified atom stereocenters. The van der Waals surface area contributed by atoms with Gasteiger partial charge in [-0.05, 0) is 42.7 Å². The quantitative estimate of drug-likeness (QED) is 0.563. The number of rotatable bonds is 11. The van der Waals surface area contributed by atoms with Crippen molar-refractivity contribution in [2.24, 2.45) is 0 Å². The zero-order valence-corrected chi connectivity index (χ0v) is 18.9. The molecule has 1 amide bonds. The van der Waals surface area contributed by atoms with Gasteiger partial charge in [0.15, 0.2) is 11.5 Å². The summed E-state index contributed by atoms with van der Waals surface area (Å²) in [6.07, 6.45) is 2.44. The van der Waals surface area contributed by atoms with Crippen molar-refractivity contribution in [3.63, 3.8) is 0 Å². The largest absolute Gasteiger partial charge is 0.493 e. The van der Waals surface area contributed by atoms with E-state index in [0.29, 0.717) is 41.6 Å². The van der Waals surface area contributed by atoms with E-state index in [9.17, 15) is 13.2 Å². The molecule has 0 saturated carbocycles. The highest BCUT2D eigenvalue weighted by molar-refractivity contribution is 7.92. The first-order chi connectivity index (χ1) is 14.2. The summed E-state index contributed by atoms with van der Waals surface area (Å²) >= 11 is 5.86. The van der Waals surface area contributed by atoms with Crippen LogP contribution < -0.4 is 19.1 Å². The van der Waals surface area contributed by atoms with Gasteiger partial charge in [0.05, 0.1) is 26.2 Å². The molecule has 0 aliphatic heterocycles. The number of nitrogens with one attached hydrogen (secondary N) is 1. The van der Waals surface area contributed by atoms with E-state index in [2.05, 4.69) is 5.32 Å². The monoisotopic (exact) mass is 454 g/mol. The van der Waals surface area contributed by atoms with Crippen molar-refractivity contribution in [3.05, 3.63) is 53.1 Å². The molecule has 0 bridgehead atoms. The maximum atomic E-state index is 12.3. The zero-order chi connectivity index (χ0) is 22.1. The molecule has 0 aliphatic carbocycles. The molecule has 7 nitrogen and oxygen atoms in total. The van der Waals surface area contributed by atoms with Crippen LogP contribution >= 0.6 is 11.6 Å². The molecule has 0 spiro atoms. The number of methoxy groups -OCH3 is 2. The number of hydrogen-bond acceptors (Lipinski definition) is 5. The Bertz CT molecular complexity index is 948. The van der Waals surface area contributed by atoms with Crippen molar-refractivity contribution >= 4 is 33.2 Å². The molecule has 0 aliphatic rings. The fraction of sp³-hybridized carbons (Fsp3) is 0.381. The Morgan fingerprint density at radius 1 is 1.07 bits per heavy atom. The highest BCUT2D eigenvalue weighted by Crippen LogP contribution is 2.32. The third-order valence-corrected chi connectivity index (χ3v) is 5.92. The van der Waals surface area contributed by atoms with Gasteiger partial charge in [0, 0.05) is 30.6 Å². The van der Waals surface area contributed by atoms with Crippen molar-refractivity contribution in [2.45, 2.75) is 19.3 Å². The lowest BCUT2D eigenvalue weighted by Gasteiger charge is -2.23. The minimum absolute atomic E-state index is 0.121. The molecule has 0 aromatic heterocycles. The molecule has 0 radical (unpaired) electrons. The number of halogens is 1. The fourth-order valence-electron chi connectivity index (χ4n) is 2.94. The molecule has 2 rings (SSSR count). The van der Waals surface area contributed by atoms with Gasteiger partial charge in [-0.15, -0.1) is 0 Å². The molecule has 2 aromatic rings. The minimum Gasteiger partial charge on any atom is -0.493 e. The first-order valence-electron chi connectivity index (χ1n) is 9.45. The lowest BCUT2D eigenvalue weighted by atomic mass is 10.1. The summed E-state index contributed by atoms with van der Waals surface area (Å²) in [7, 11) is -0.524. The van der Waals surface area contributed by atoms with Crippen LogP contribution in [0.3, 0.4) is 0 Å². The van der Waals surface area contributed by atoms with E-state index in [1.165, 1.54) is 18.5 Å². The smallest absolute Gasteiger partial charge is 0.232 e. The van der Waals surface area contributed by atoms with Crippen molar-refractivity contribution < 1.29 is 22.7 Å². The number of benzene rings is 2. The van der Waals surface area contributed by atoms with Crippen LogP contribution in [0.5, 0.6) is 11.5 Å². The Hall–Kier alpha value is -2.45. The summed E-state index contributed by atoms with van der Waals surface area (Å²) in [6, 6.07) is 12.4. The van der Waals surface area contributed by atoms with E-state index in [4.69, 9.17) is 21.1 Å². The summed E-state index contributed by atoms with van der Waals surface area (Å²) in [4.78, 5) is 12.1. The number of amides is 1. The van der Waals surface area contributed by atoms with Crippen LogP contribution in [0.4, 0.5) is 5.69 Å². The number of hydrogen-bond donors (Lipinski definition) is 1. The summed E-state index contributed by atoms with van der Waals surface area (Å²) in [5.41, 5.74) is 1.54. The topological polar surface area (TPSA) is 84.9 Å². The van der Waals surface area contributed by atoms with Crippen LogP contribution in [0.1, 0.15) is 18.4 Å². The average molecular weight is 455 g/mol. The van der Waals surface area contributed by atoms with Gasteiger partial charge in [0.25, 0.3) is 0 Å². The number of anilines is 1. The molecular weight excluding hydrogens is 428 g/mol. The van der Waals surface area contributed by atoms with E-state index < -0.39 is 10.0 Å². The SMILES string of the molecule is COc1ccc(N(CCCC(=O)NCCc2ccc(Cl)cc2)S(C)(=O)=O)cc1OC. The molecule has 0 saturated heterocycles. The van der Waals surface area contributed by atoms with Gasteiger partial charge in [-0.3, -0.25) is 9.10 Å². The third kappa shape index (κ3) is 7.11. The van der Waals surface area contributed by atoms with E-state index in [0.717, 1.165) is 11.8 Å². The van der Waals surface area contributed by atoms with Crippen molar-refractivity contribution in [1.82, 2.24) is 5.32 Å². The molecule has 0 heterocycles. The van der Waals surface area contributed by atoms with Crippen LogP contribution in [0.25, 0.3) is 0 Å². The first kappa shape index (κ1) is 23.8. The van der Waals surface area contributed by atoms with E-state index in [1.54, 1.807) is 18.2 Å². The van der Waals surface area contributed by atoms with Gasteiger partial charge in [-0.25, -0.2) is 8.42 Å². The van der Waals surface area contributed by atoms with Crippen LogP contribution in [-0.4, -0.2) is 47.9 Å². The Labute approximate surface area is 183 Å². The molecular formula is C21H27ClN2O5S. The summed E-state index contributed by atoms with van der Waals surface area (Å²) in [5, 5.41) is 3.53. The van der Waals surface area contributed by atoms with Crippen LogP contribution in [0, 0.1) is 0 Å². The van der Waals surface area contributed by atoms with Crippen molar-refractivity contribution in [3.8, 4) is 11.5 Å². The van der Waals surface area contributed by atoms with Crippen LogP contribution in [0.2, 0.25) is 5.02 Å². The standard InChI is InChI=1S/C21H27ClN2O5S/c1-28-19-11-10-18(15-20(19)29-2)24(30(3,26)27)14-4-5-21(25)23-13-12-16-6-8-17(22)9-7-16/h6-11,15H,4-5,12-14H2,1-3H3,(H,23,25). The second-order valence-corrected chi connectivity index (χ2v) is 9.05. The number of ether oxygens (including phenoxy) is 2. The maximum absolute atomic E-state index is 12.3.